The Hall–Kier alpha value is -0.120. The van der Waals surface area contributed by atoms with Crippen LogP contribution in [0, 0.1) is 5.92 Å². The van der Waals surface area contributed by atoms with E-state index < -0.39 is 0 Å². The summed E-state index contributed by atoms with van der Waals surface area (Å²) < 4.78 is 0. The molecule has 3 aliphatic rings. The third kappa shape index (κ3) is 2.65. The van der Waals surface area contributed by atoms with Crippen LogP contribution < -0.4 is 5.73 Å². The van der Waals surface area contributed by atoms with E-state index in [4.69, 9.17) is 5.73 Å². The van der Waals surface area contributed by atoms with Crippen LogP contribution in [0.4, 0.5) is 0 Å². The predicted molar refractivity (Wildman–Crippen MR) is 84.8 cm³/mol. The zero-order chi connectivity index (χ0) is 14.0. The highest BCUT2D eigenvalue weighted by molar-refractivity contribution is 5.02. The number of hydrogen-bond donors (Lipinski definition) is 1. The predicted octanol–water partition coefficient (Wildman–Crippen LogP) is 2.45. The van der Waals surface area contributed by atoms with Gasteiger partial charge in [-0.15, -0.1) is 0 Å². The van der Waals surface area contributed by atoms with E-state index in [1.54, 1.807) is 0 Å². The van der Waals surface area contributed by atoms with Crippen molar-refractivity contribution in [2.75, 3.05) is 32.7 Å². The van der Waals surface area contributed by atoms with Gasteiger partial charge in [0.25, 0.3) is 0 Å². The summed E-state index contributed by atoms with van der Waals surface area (Å²) >= 11 is 0. The molecule has 2 saturated heterocycles. The topological polar surface area (TPSA) is 32.5 Å². The van der Waals surface area contributed by atoms with Crippen LogP contribution in [0.15, 0.2) is 0 Å². The first-order valence-electron chi connectivity index (χ1n) is 8.98. The average molecular weight is 279 g/mol. The molecular formula is C17H33N3. The number of likely N-dealkylation sites (tertiary alicyclic amines) is 2. The van der Waals surface area contributed by atoms with Crippen molar-refractivity contribution in [1.29, 1.82) is 0 Å². The van der Waals surface area contributed by atoms with Crippen molar-refractivity contribution in [3.63, 3.8) is 0 Å². The van der Waals surface area contributed by atoms with Gasteiger partial charge in [-0.25, -0.2) is 0 Å². The van der Waals surface area contributed by atoms with Crippen LogP contribution >= 0.6 is 0 Å². The molecule has 1 aliphatic carbocycles. The fraction of sp³-hybridized carbons (Fsp3) is 1.00. The molecule has 3 heteroatoms. The third-order valence-corrected chi connectivity index (χ3v) is 6.47. The van der Waals surface area contributed by atoms with Gasteiger partial charge in [-0.05, 0) is 70.6 Å². The Balaban J connectivity index is 1.74. The van der Waals surface area contributed by atoms with Crippen molar-refractivity contribution in [2.24, 2.45) is 11.7 Å². The molecule has 0 radical (unpaired) electrons. The van der Waals surface area contributed by atoms with Gasteiger partial charge in [0, 0.05) is 18.1 Å². The standard InChI is InChI=1S/C17H33N3/c1-2-19-12-9-17(14-18,10-13-19)20-11-5-7-15-6-3-4-8-16(15)20/h15-16H,2-14,18H2,1H3/t15-,16-/m1/s1. The Bertz CT molecular complexity index is 307. The molecule has 0 aromatic carbocycles. The third-order valence-electron chi connectivity index (χ3n) is 6.47. The van der Waals surface area contributed by atoms with E-state index in [9.17, 15) is 0 Å². The molecule has 2 atom stereocenters. The lowest BCUT2D eigenvalue weighted by Gasteiger charge is -2.56. The summed E-state index contributed by atoms with van der Waals surface area (Å²) in [5.41, 5.74) is 6.64. The van der Waals surface area contributed by atoms with Crippen LogP contribution in [0.1, 0.15) is 58.3 Å². The first kappa shape index (κ1) is 14.8. The SMILES string of the molecule is CCN1CCC(CN)(N2CCC[C@H]3CCCC[C@H]32)CC1. The van der Waals surface area contributed by atoms with Crippen molar-refractivity contribution in [3.05, 3.63) is 0 Å². The Morgan fingerprint density at radius 2 is 1.70 bits per heavy atom. The molecule has 116 valence electrons. The highest BCUT2D eigenvalue weighted by Gasteiger charge is 2.45. The normalized spacial score (nSPS) is 35.7. The lowest BCUT2D eigenvalue weighted by molar-refractivity contribution is -0.0536. The number of nitrogens with two attached hydrogens (primary N) is 1. The monoisotopic (exact) mass is 279 g/mol. The number of nitrogens with zero attached hydrogens (tertiary/aromatic N) is 2. The molecule has 0 amide bonds. The summed E-state index contributed by atoms with van der Waals surface area (Å²) in [7, 11) is 0. The second-order valence-electron chi connectivity index (χ2n) is 7.31. The molecule has 2 aliphatic heterocycles. The smallest absolute Gasteiger partial charge is 0.0359 e. The van der Waals surface area contributed by atoms with Gasteiger partial charge in [-0.3, -0.25) is 4.90 Å². The largest absolute Gasteiger partial charge is 0.329 e. The summed E-state index contributed by atoms with van der Waals surface area (Å²) in [6.07, 6.45) is 11.3. The van der Waals surface area contributed by atoms with Gasteiger partial charge in [0.2, 0.25) is 0 Å². The van der Waals surface area contributed by atoms with Gasteiger partial charge < -0.3 is 10.6 Å². The molecule has 2 heterocycles. The molecule has 1 saturated carbocycles. The molecular weight excluding hydrogens is 246 g/mol. The van der Waals surface area contributed by atoms with Crippen molar-refractivity contribution >= 4 is 0 Å². The summed E-state index contributed by atoms with van der Waals surface area (Å²) in [6, 6.07) is 0.856. The fourth-order valence-electron chi connectivity index (χ4n) is 5.11. The van der Waals surface area contributed by atoms with Crippen LogP contribution in [-0.4, -0.2) is 54.1 Å². The fourth-order valence-corrected chi connectivity index (χ4v) is 5.11. The minimum Gasteiger partial charge on any atom is -0.329 e. The molecule has 0 spiro atoms. The maximum atomic E-state index is 6.32. The van der Waals surface area contributed by atoms with E-state index in [1.807, 2.05) is 0 Å². The van der Waals surface area contributed by atoms with Crippen LogP contribution in [0.2, 0.25) is 0 Å². The first-order chi connectivity index (χ1) is 9.79. The van der Waals surface area contributed by atoms with E-state index in [0.717, 1.165) is 18.5 Å². The van der Waals surface area contributed by atoms with E-state index in [0.29, 0.717) is 5.54 Å². The van der Waals surface area contributed by atoms with Crippen LogP contribution in [0.3, 0.4) is 0 Å². The van der Waals surface area contributed by atoms with Crippen molar-refractivity contribution in [3.8, 4) is 0 Å². The lowest BCUT2D eigenvalue weighted by Crippen LogP contribution is -2.65. The van der Waals surface area contributed by atoms with Gasteiger partial charge >= 0.3 is 0 Å². The second kappa shape index (κ2) is 6.33. The van der Waals surface area contributed by atoms with Crippen molar-refractivity contribution in [2.45, 2.75) is 69.9 Å². The minimum absolute atomic E-state index is 0.326. The Morgan fingerprint density at radius 1 is 1.00 bits per heavy atom. The quantitative estimate of drug-likeness (QED) is 0.861. The summed E-state index contributed by atoms with van der Waals surface area (Å²) in [5.74, 6) is 0.977. The second-order valence-corrected chi connectivity index (χ2v) is 7.31. The Morgan fingerprint density at radius 3 is 2.40 bits per heavy atom. The Kier molecular flexibility index (Phi) is 4.68. The molecule has 3 rings (SSSR count). The average Bonchev–Trinajstić information content (AvgIpc) is 2.54. The van der Waals surface area contributed by atoms with Crippen LogP contribution in [0.5, 0.6) is 0 Å². The van der Waals surface area contributed by atoms with Crippen LogP contribution in [-0.2, 0) is 0 Å². The van der Waals surface area contributed by atoms with Crippen molar-refractivity contribution < 1.29 is 0 Å². The van der Waals surface area contributed by atoms with Crippen LogP contribution in [0.25, 0.3) is 0 Å². The maximum Gasteiger partial charge on any atom is 0.0359 e. The summed E-state index contributed by atoms with van der Waals surface area (Å²) in [6.45, 7) is 8.17. The molecule has 2 N–H and O–H groups in total. The van der Waals surface area contributed by atoms with E-state index >= 15 is 0 Å². The van der Waals surface area contributed by atoms with Gasteiger partial charge in [-0.1, -0.05) is 19.8 Å². The molecule has 20 heavy (non-hydrogen) atoms. The van der Waals surface area contributed by atoms with Gasteiger partial charge in [-0.2, -0.15) is 0 Å². The number of hydrogen-bond acceptors (Lipinski definition) is 3. The van der Waals surface area contributed by atoms with Gasteiger partial charge in [0.1, 0.15) is 0 Å². The maximum absolute atomic E-state index is 6.32. The highest BCUT2D eigenvalue weighted by Crippen LogP contribution is 2.41. The van der Waals surface area contributed by atoms with E-state index in [1.165, 1.54) is 77.5 Å². The lowest BCUT2D eigenvalue weighted by atomic mass is 9.74. The van der Waals surface area contributed by atoms with Gasteiger partial charge in [0.15, 0.2) is 0 Å². The number of rotatable bonds is 3. The number of fused-ring (bicyclic) bond motifs is 1. The summed E-state index contributed by atoms with van der Waals surface area (Å²) in [5, 5.41) is 0. The summed E-state index contributed by atoms with van der Waals surface area (Å²) in [4.78, 5) is 5.49. The minimum atomic E-state index is 0.326. The zero-order valence-corrected chi connectivity index (χ0v) is 13.3. The molecule has 3 nitrogen and oxygen atoms in total. The molecule has 0 aromatic rings. The highest BCUT2D eigenvalue weighted by atomic mass is 15.3. The number of piperidine rings is 2. The molecule has 0 bridgehead atoms. The van der Waals surface area contributed by atoms with Crippen molar-refractivity contribution in [1.82, 2.24) is 9.80 Å². The molecule has 3 fully saturated rings. The molecule has 0 unspecified atom stereocenters. The molecule has 0 aromatic heterocycles. The zero-order valence-electron chi connectivity index (χ0n) is 13.3. The Labute approximate surface area is 124 Å². The first-order valence-corrected chi connectivity index (χ1v) is 8.98. The van der Waals surface area contributed by atoms with Gasteiger partial charge in [0.05, 0.1) is 0 Å². The van der Waals surface area contributed by atoms with E-state index in [-0.39, 0.29) is 0 Å². The van der Waals surface area contributed by atoms with E-state index in [2.05, 4.69) is 16.7 Å².